The lowest BCUT2D eigenvalue weighted by Gasteiger charge is -2.14. The minimum absolute atomic E-state index is 0.456. The van der Waals surface area contributed by atoms with Crippen molar-refractivity contribution in [1.82, 2.24) is 0 Å². The summed E-state index contributed by atoms with van der Waals surface area (Å²) in [5, 5.41) is 10.3. The molecular weight excluding hydrogens is 356 g/mol. The zero-order valence-electron chi connectivity index (χ0n) is 13.8. The minimum Gasteiger partial charge on any atom is -0.493 e. The van der Waals surface area contributed by atoms with Gasteiger partial charge < -0.3 is 14.6 Å². The van der Waals surface area contributed by atoms with Crippen LogP contribution in [0, 0.1) is 13.8 Å². The van der Waals surface area contributed by atoms with E-state index in [1.54, 1.807) is 7.11 Å². The lowest BCUT2D eigenvalue weighted by molar-refractivity contribution is 0.154. The Hall–Kier alpha value is -1.52. The van der Waals surface area contributed by atoms with E-state index in [0.717, 1.165) is 16.5 Å². The summed E-state index contributed by atoms with van der Waals surface area (Å²) >= 11 is 3.43. The van der Waals surface area contributed by atoms with E-state index < -0.39 is 6.10 Å². The standard InChI is InChI=1S/C19H23BrO3/c1-13-6-7-15(11-14(13)2)17(21)5-4-10-23-19-12-16(20)8-9-18(19)22-3/h6-9,11-12,17,21H,4-5,10H2,1-3H3. The highest BCUT2D eigenvalue weighted by Crippen LogP contribution is 2.30. The van der Waals surface area contributed by atoms with Gasteiger partial charge in [-0.15, -0.1) is 0 Å². The Labute approximate surface area is 146 Å². The maximum atomic E-state index is 10.3. The molecule has 0 spiro atoms. The normalized spacial score (nSPS) is 12.0. The highest BCUT2D eigenvalue weighted by molar-refractivity contribution is 9.10. The predicted molar refractivity (Wildman–Crippen MR) is 96.3 cm³/mol. The number of halogens is 1. The zero-order chi connectivity index (χ0) is 16.8. The third-order valence-electron chi connectivity index (χ3n) is 3.92. The van der Waals surface area contributed by atoms with Gasteiger partial charge in [-0.25, -0.2) is 0 Å². The highest BCUT2D eigenvalue weighted by atomic mass is 79.9. The summed E-state index contributed by atoms with van der Waals surface area (Å²) in [6.07, 6.45) is 0.977. The molecule has 124 valence electrons. The molecule has 0 aliphatic heterocycles. The third-order valence-corrected chi connectivity index (χ3v) is 4.41. The van der Waals surface area contributed by atoms with Crippen LogP contribution in [0.1, 0.15) is 35.6 Å². The third kappa shape index (κ3) is 4.98. The van der Waals surface area contributed by atoms with Crippen LogP contribution in [0.5, 0.6) is 11.5 Å². The van der Waals surface area contributed by atoms with E-state index in [-0.39, 0.29) is 0 Å². The second-order valence-electron chi connectivity index (χ2n) is 5.65. The van der Waals surface area contributed by atoms with Crippen LogP contribution in [-0.4, -0.2) is 18.8 Å². The summed E-state index contributed by atoms with van der Waals surface area (Å²) in [5.41, 5.74) is 3.41. The van der Waals surface area contributed by atoms with Crippen molar-refractivity contribution in [2.24, 2.45) is 0 Å². The van der Waals surface area contributed by atoms with Crippen LogP contribution in [-0.2, 0) is 0 Å². The molecule has 0 aliphatic rings. The molecule has 0 saturated carbocycles. The van der Waals surface area contributed by atoms with E-state index in [9.17, 15) is 5.11 Å². The molecule has 23 heavy (non-hydrogen) atoms. The van der Waals surface area contributed by atoms with Crippen LogP contribution in [0.25, 0.3) is 0 Å². The fourth-order valence-electron chi connectivity index (χ4n) is 2.36. The molecular formula is C19H23BrO3. The smallest absolute Gasteiger partial charge is 0.162 e. The van der Waals surface area contributed by atoms with Crippen molar-refractivity contribution >= 4 is 15.9 Å². The molecule has 2 aromatic rings. The maximum Gasteiger partial charge on any atom is 0.162 e. The summed E-state index contributed by atoms with van der Waals surface area (Å²) in [4.78, 5) is 0. The molecule has 0 amide bonds. The molecule has 0 aromatic heterocycles. The van der Waals surface area contributed by atoms with E-state index in [0.29, 0.717) is 24.5 Å². The SMILES string of the molecule is COc1ccc(Br)cc1OCCCC(O)c1ccc(C)c(C)c1. The summed E-state index contributed by atoms with van der Waals surface area (Å²) in [6, 6.07) is 11.8. The molecule has 0 fully saturated rings. The van der Waals surface area contributed by atoms with Gasteiger partial charge >= 0.3 is 0 Å². The summed E-state index contributed by atoms with van der Waals surface area (Å²) < 4.78 is 12.0. The molecule has 2 aromatic carbocycles. The monoisotopic (exact) mass is 378 g/mol. The Morgan fingerprint density at radius 2 is 1.83 bits per heavy atom. The van der Waals surface area contributed by atoms with Crippen molar-refractivity contribution in [3.05, 3.63) is 57.6 Å². The van der Waals surface area contributed by atoms with Crippen molar-refractivity contribution in [2.45, 2.75) is 32.8 Å². The van der Waals surface area contributed by atoms with Crippen LogP contribution in [0.15, 0.2) is 40.9 Å². The fourth-order valence-corrected chi connectivity index (χ4v) is 2.70. The van der Waals surface area contributed by atoms with Crippen LogP contribution < -0.4 is 9.47 Å². The number of methoxy groups -OCH3 is 1. The number of hydrogen-bond donors (Lipinski definition) is 1. The quantitative estimate of drug-likeness (QED) is 0.691. The van der Waals surface area contributed by atoms with Gasteiger partial charge in [0.1, 0.15) is 0 Å². The predicted octanol–water partition coefficient (Wildman–Crippen LogP) is 4.97. The lowest BCUT2D eigenvalue weighted by Crippen LogP contribution is -2.04. The van der Waals surface area contributed by atoms with Crippen molar-refractivity contribution < 1.29 is 14.6 Å². The average molecular weight is 379 g/mol. The molecule has 1 N–H and O–H groups in total. The Morgan fingerprint density at radius 1 is 1.04 bits per heavy atom. The molecule has 0 bridgehead atoms. The van der Waals surface area contributed by atoms with Gasteiger partial charge in [0.05, 0.1) is 19.8 Å². The molecule has 1 unspecified atom stereocenters. The Morgan fingerprint density at radius 3 is 2.52 bits per heavy atom. The minimum atomic E-state index is -0.456. The summed E-state index contributed by atoms with van der Waals surface area (Å²) in [7, 11) is 1.62. The first-order valence-corrected chi connectivity index (χ1v) is 8.52. The lowest BCUT2D eigenvalue weighted by atomic mass is 10.0. The Balaban J connectivity index is 1.85. The molecule has 4 heteroatoms. The van der Waals surface area contributed by atoms with Gasteiger partial charge in [-0.05, 0) is 61.6 Å². The van der Waals surface area contributed by atoms with Gasteiger partial charge in [-0.3, -0.25) is 0 Å². The van der Waals surface area contributed by atoms with Gasteiger partial charge in [-0.1, -0.05) is 34.1 Å². The molecule has 2 rings (SSSR count). The number of benzene rings is 2. The van der Waals surface area contributed by atoms with E-state index >= 15 is 0 Å². The molecule has 1 atom stereocenters. The van der Waals surface area contributed by atoms with E-state index in [2.05, 4.69) is 41.9 Å². The maximum absolute atomic E-state index is 10.3. The Bertz CT molecular complexity index is 655. The first kappa shape index (κ1) is 17.8. The molecule has 3 nitrogen and oxygen atoms in total. The number of aryl methyl sites for hydroxylation is 2. The van der Waals surface area contributed by atoms with Crippen molar-refractivity contribution in [3.63, 3.8) is 0 Å². The number of rotatable bonds is 7. The largest absolute Gasteiger partial charge is 0.493 e. The summed E-state index contributed by atoms with van der Waals surface area (Å²) in [5.74, 6) is 1.42. The number of hydrogen-bond acceptors (Lipinski definition) is 3. The molecule has 0 heterocycles. The number of ether oxygens (including phenoxy) is 2. The first-order valence-electron chi connectivity index (χ1n) is 7.73. The molecule has 0 radical (unpaired) electrons. The van der Waals surface area contributed by atoms with Gasteiger partial charge in [0.15, 0.2) is 11.5 Å². The van der Waals surface area contributed by atoms with E-state index in [1.165, 1.54) is 11.1 Å². The van der Waals surface area contributed by atoms with Crippen LogP contribution in [0.2, 0.25) is 0 Å². The number of aliphatic hydroxyl groups is 1. The fraction of sp³-hybridized carbons (Fsp3) is 0.368. The van der Waals surface area contributed by atoms with Gasteiger partial charge in [0, 0.05) is 4.47 Å². The average Bonchev–Trinajstić information content (AvgIpc) is 2.54. The van der Waals surface area contributed by atoms with Crippen molar-refractivity contribution in [2.75, 3.05) is 13.7 Å². The molecule has 0 aliphatic carbocycles. The van der Waals surface area contributed by atoms with E-state index in [1.807, 2.05) is 24.3 Å². The van der Waals surface area contributed by atoms with Crippen LogP contribution in [0.3, 0.4) is 0 Å². The van der Waals surface area contributed by atoms with Gasteiger partial charge in [0.25, 0.3) is 0 Å². The Kier molecular flexibility index (Phi) is 6.48. The van der Waals surface area contributed by atoms with E-state index in [4.69, 9.17) is 9.47 Å². The second kappa shape index (κ2) is 8.37. The summed E-state index contributed by atoms with van der Waals surface area (Å²) in [6.45, 7) is 4.67. The molecule has 0 saturated heterocycles. The van der Waals surface area contributed by atoms with Crippen molar-refractivity contribution in [1.29, 1.82) is 0 Å². The second-order valence-corrected chi connectivity index (χ2v) is 6.56. The van der Waals surface area contributed by atoms with Gasteiger partial charge in [-0.2, -0.15) is 0 Å². The number of aliphatic hydroxyl groups excluding tert-OH is 1. The van der Waals surface area contributed by atoms with Crippen LogP contribution in [0.4, 0.5) is 0 Å². The zero-order valence-corrected chi connectivity index (χ0v) is 15.4. The highest BCUT2D eigenvalue weighted by Gasteiger charge is 2.09. The van der Waals surface area contributed by atoms with Crippen LogP contribution >= 0.6 is 15.9 Å². The topological polar surface area (TPSA) is 38.7 Å². The first-order chi connectivity index (χ1) is 11.0. The van der Waals surface area contributed by atoms with Crippen molar-refractivity contribution in [3.8, 4) is 11.5 Å². The van der Waals surface area contributed by atoms with Gasteiger partial charge in [0.2, 0.25) is 0 Å².